The molecule has 0 radical (unpaired) electrons. The molecule has 0 aliphatic carbocycles. The average molecular weight is 412 g/mol. The SMILES string of the molecule is C=CCO[C@@H]1OC(COCc2ccccc2)[C@H](C)[C@H](O)C1OC(=O)c1ccccc1. The Morgan fingerprint density at radius 3 is 2.47 bits per heavy atom. The van der Waals surface area contributed by atoms with Crippen LogP contribution >= 0.6 is 0 Å². The van der Waals surface area contributed by atoms with Gasteiger partial charge in [0.25, 0.3) is 0 Å². The Morgan fingerprint density at radius 1 is 1.13 bits per heavy atom. The molecule has 6 nitrogen and oxygen atoms in total. The van der Waals surface area contributed by atoms with Crippen LogP contribution in [-0.4, -0.2) is 48.9 Å². The van der Waals surface area contributed by atoms with E-state index >= 15 is 0 Å². The van der Waals surface area contributed by atoms with Gasteiger partial charge < -0.3 is 24.1 Å². The first kappa shape index (κ1) is 22.2. The van der Waals surface area contributed by atoms with Gasteiger partial charge in [-0.1, -0.05) is 61.5 Å². The highest BCUT2D eigenvalue weighted by atomic mass is 16.7. The number of aliphatic hydroxyl groups is 1. The standard InChI is InChI=1S/C24H28O6/c1-3-14-28-24-22(30-23(26)19-12-8-5-9-13-19)21(25)17(2)20(29-24)16-27-15-18-10-6-4-7-11-18/h3-13,17,20-22,24-25H,1,14-16H2,2H3/t17-,20?,21-,22?,24+/m0/s1. The lowest BCUT2D eigenvalue weighted by molar-refractivity contribution is -0.286. The minimum Gasteiger partial charge on any atom is -0.451 e. The van der Waals surface area contributed by atoms with Crippen molar-refractivity contribution in [1.82, 2.24) is 0 Å². The average Bonchev–Trinajstić information content (AvgIpc) is 2.78. The van der Waals surface area contributed by atoms with Crippen molar-refractivity contribution in [2.24, 2.45) is 5.92 Å². The van der Waals surface area contributed by atoms with Crippen LogP contribution in [0.25, 0.3) is 0 Å². The fourth-order valence-electron chi connectivity index (χ4n) is 3.30. The monoisotopic (exact) mass is 412 g/mol. The molecule has 1 N–H and O–H groups in total. The molecule has 0 amide bonds. The molecule has 5 atom stereocenters. The molecule has 160 valence electrons. The van der Waals surface area contributed by atoms with Gasteiger partial charge in [0.05, 0.1) is 31.5 Å². The summed E-state index contributed by atoms with van der Waals surface area (Å²) in [6.07, 6.45) is -1.69. The van der Waals surface area contributed by atoms with Gasteiger partial charge in [-0.05, 0) is 17.7 Å². The summed E-state index contributed by atoms with van der Waals surface area (Å²) in [5.74, 6) is -0.862. The molecule has 0 saturated carbocycles. The fraction of sp³-hybridized carbons (Fsp3) is 0.375. The molecule has 1 aliphatic rings. The van der Waals surface area contributed by atoms with Gasteiger partial charge in [0, 0.05) is 5.92 Å². The van der Waals surface area contributed by atoms with Crippen molar-refractivity contribution in [2.45, 2.75) is 38.1 Å². The predicted molar refractivity (Wildman–Crippen MR) is 112 cm³/mol. The largest absolute Gasteiger partial charge is 0.451 e. The van der Waals surface area contributed by atoms with E-state index < -0.39 is 30.6 Å². The third-order valence-electron chi connectivity index (χ3n) is 5.06. The zero-order chi connectivity index (χ0) is 21.3. The molecular weight excluding hydrogens is 384 g/mol. The van der Waals surface area contributed by atoms with Crippen LogP contribution in [0.1, 0.15) is 22.8 Å². The first-order chi connectivity index (χ1) is 14.6. The molecule has 1 fully saturated rings. The maximum atomic E-state index is 12.5. The topological polar surface area (TPSA) is 74.2 Å². The molecule has 6 heteroatoms. The molecule has 0 aromatic heterocycles. The van der Waals surface area contributed by atoms with E-state index in [1.807, 2.05) is 43.3 Å². The second-order valence-corrected chi connectivity index (χ2v) is 7.25. The van der Waals surface area contributed by atoms with Crippen molar-refractivity contribution in [3.8, 4) is 0 Å². The van der Waals surface area contributed by atoms with Crippen LogP contribution in [0.5, 0.6) is 0 Å². The van der Waals surface area contributed by atoms with Crippen LogP contribution in [-0.2, 0) is 25.6 Å². The lowest BCUT2D eigenvalue weighted by atomic mass is 9.91. The maximum Gasteiger partial charge on any atom is 0.338 e. The van der Waals surface area contributed by atoms with E-state index in [0.29, 0.717) is 12.2 Å². The Hall–Kier alpha value is -2.51. The minimum atomic E-state index is -0.966. The fourth-order valence-corrected chi connectivity index (χ4v) is 3.30. The number of carbonyl (C=O) groups is 1. The van der Waals surface area contributed by atoms with Crippen LogP contribution in [0.4, 0.5) is 0 Å². The van der Waals surface area contributed by atoms with Crippen LogP contribution < -0.4 is 0 Å². The first-order valence-electron chi connectivity index (χ1n) is 10.0. The summed E-state index contributed by atoms with van der Waals surface area (Å²) in [4.78, 5) is 12.5. The van der Waals surface area contributed by atoms with Gasteiger partial charge in [-0.2, -0.15) is 0 Å². The van der Waals surface area contributed by atoms with Gasteiger partial charge >= 0.3 is 5.97 Å². The number of ether oxygens (including phenoxy) is 4. The Balaban J connectivity index is 1.64. The number of rotatable bonds is 9. The lowest BCUT2D eigenvalue weighted by Crippen LogP contribution is -2.57. The second kappa shape index (κ2) is 11.0. The van der Waals surface area contributed by atoms with E-state index in [2.05, 4.69) is 6.58 Å². The van der Waals surface area contributed by atoms with E-state index in [-0.39, 0.29) is 19.1 Å². The zero-order valence-electron chi connectivity index (χ0n) is 17.1. The molecule has 2 aromatic rings. The predicted octanol–water partition coefficient (Wildman–Crippen LogP) is 3.35. The summed E-state index contributed by atoms with van der Waals surface area (Å²) in [6, 6.07) is 18.4. The molecular formula is C24H28O6. The summed E-state index contributed by atoms with van der Waals surface area (Å²) >= 11 is 0. The zero-order valence-corrected chi connectivity index (χ0v) is 17.1. The van der Waals surface area contributed by atoms with Gasteiger partial charge in [0.15, 0.2) is 12.4 Å². The molecule has 0 spiro atoms. The first-order valence-corrected chi connectivity index (χ1v) is 10.0. The molecule has 2 unspecified atom stereocenters. The third kappa shape index (κ3) is 5.77. The number of esters is 1. The van der Waals surface area contributed by atoms with Crippen molar-refractivity contribution in [3.05, 3.63) is 84.4 Å². The van der Waals surface area contributed by atoms with E-state index in [4.69, 9.17) is 18.9 Å². The van der Waals surface area contributed by atoms with Gasteiger partial charge in [0.1, 0.15) is 6.10 Å². The highest BCUT2D eigenvalue weighted by molar-refractivity contribution is 5.89. The molecule has 30 heavy (non-hydrogen) atoms. The van der Waals surface area contributed by atoms with Crippen molar-refractivity contribution in [2.75, 3.05) is 13.2 Å². The number of aliphatic hydroxyl groups excluding tert-OH is 1. The highest BCUT2D eigenvalue weighted by Crippen LogP contribution is 2.30. The highest BCUT2D eigenvalue weighted by Gasteiger charge is 2.46. The number of carbonyl (C=O) groups excluding carboxylic acids is 1. The molecule has 1 aliphatic heterocycles. The molecule has 0 bridgehead atoms. The van der Waals surface area contributed by atoms with E-state index in [0.717, 1.165) is 5.56 Å². The number of hydrogen-bond acceptors (Lipinski definition) is 6. The Bertz CT molecular complexity index is 794. The summed E-state index contributed by atoms with van der Waals surface area (Å²) in [5.41, 5.74) is 1.45. The van der Waals surface area contributed by atoms with E-state index in [1.54, 1.807) is 30.3 Å². The Kier molecular flexibility index (Phi) is 8.16. The summed E-state index contributed by atoms with van der Waals surface area (Å²) in [7, 11) is 0. The van der Waals surface area contributed by atoms with Crippen molar-refractivity contribution in [3.63, 3.8) is 0 Å². The van der Waals surface area contributed by atoms with E-state index in [9.17, 15) is 9.90 Å². The van der Waals surface area contributed by atoms with Crippen LogP contribution in [0.15, 0.2) is 73.3 Å². The molecule has 1 heterocycles. The Labute approximate surface area is 177 Å². The van der Waals surface area contributed by atoms with Crippen molar-refractivity contribution in [1.29, 1.82) is 0 Å². The number of benzene rings is 2. The van der Waals surface area contributed by atoms with Gasteiger partial charge in [-0.3, -0.25) is 0 Å². The van der Waals surface area contributed by atoms with Crippen LogP contribution in [0.3, 0.4) is 0 Å². The van der Waals surface area contributed by atoms with Crippen LogP contribution in [0.2, 0.25) is 0 Å². The summed E-state index contributed by atoms with van der Waals surface area (Å²) in [5, 5.41) is 10.9. The van der Waals surface area contributed by atoms with Gasteiger partial charge in [0.2, 0.25) is 0 Å². The van der Waals surface area contributed by atoms with E-state index in [1.165, 1.54) is 0 Å². The smallest absolute Gasteiger partial charge is 0.338 e. The molecule has 2 aromatic carbocycles. The number of hydrogen-bond donors (Lipinski definition) is 1. The maximum absolute atomic E-state index is 12.5. The van der Waals surface area contributed by atoms with Crippen molar-refractivity contribution < 1.29 is 28.8 Å². The third-order valence-corrected chi connectivity index (χ3v) is 5.06. The van der Waals surface area contributed by atoms with Crippen LogP contribution in [0, 0.1) is 5.92 Å². The normalized spacial score (nSPS) is 26.1. The van der Waals surface area contributed by atoms with Crippen molar-refractivity contribution >= 4 is 5.97 Å². The summed E-state index contributed by atoms with van der Waals surface area (Å²) < 4.78 is 23.1. The lowest BCUT2D eigenvalue weighted by Gasteiger charge is -2.42. The van der Waals surface area contributed by atoms with Gasteiger partial charge in [-0.25, -0.2) is 4.79 Å². The quantitative estimate of drug-likeness (QED) is 0.503. The summed E-state index contributed by atoms with van der Waals surface area (Å²) in [6.45, 7) is 6.39. The minimum absolute atomic E-state index is 0.197. The van der Waals surface area contributed by atoms with Gasteiger partial charge in [-0.15, -0.1) is 6.58 Å². The Morgan fingerprint density at radius 2 is 1.80 bits per heavy atom. The molecule has 1 saturated heterocycles. The molecule has 3 rings (SSSR count). The second-order valence-electron chi connectivity index (χ2n) is 7.25.